The largest absolute Gasteiger partial charge is 0.492 e. The standard InChI is InChI=1S/C14H20N2O2/c1-10(6-7-15)16-14(17)12-8-11-4-2-3-5-13(11)18-9-12/h2-5,10,12H,6-9,15H2,1H3,(H,16,17). The molecule has 0 saturated heterocycles. The molecule has 0 saturated carbocycles. The number of para-hydroxylation sites is 1. The summed E-state index contributed by atoms with van der Waals surface area (Å²) in [6.07, 6.45) is 1.55. The number of benzene rings is 1. The Bertz CT molecular complexity index is 420. The molecular formula is C14H20N2O2. The number of nitrogens with two attached hydrogens (primary N) is 1. The fourth-order valence-corrected chi connectivity index (χ4v) is 2.18. The lowest BCUT2D eigenvalue weighted by Crippen LogP contribution is -2.42. The zero-order valence-electron chi connectivity index (χ0n) is 10.7. The summed E-state index contributed by atoms with van der Waals surface area (Å²) in [4.78, 5) is 12.1. The molecule has 0 aromatic heterocycles. The van der Waals surface area contributed by atoms with E-state index >= 15 is 0 Å². The molecule has 3 N–H and O–H groups in total. The van der Waals surface area contributed by atoms with Gasteiger partial charge in [-0.2, -0.15) is 0 Å². The molecule has 1 aliphatic heterocycles. The molecule has 98 valence electrons. The van der Waals surface area contributed by atoms with Crippen LogP contribution in [0, 0.1) is 5.92 Å². The Labute approximate surface area is 108 Å². The molecule has 0 bridgehead atoms. The molecule has 1 amide bonds. The summed E-state index contributed by atoms with van der Waals surface area (Å²) in [7, 11) is 0. The van der Waals surface area contributed by atoms with Crippen molar-refractivity contribution in [3.8, 4) is 5.75 Å². The van der Waals surface area contributed by atoms with Crippen molar-refractivity contribution < 1.29 is 9.53 Å². The van der Waals surface area contributed by atoms with Crippen molar-refractivity contribution in [1.82, 2.24) is 5.32 Å². The van der Waals surface area contributed by atoms with Crippen LogP contribution in [0.3, 0.4) is 0 Å². The van der Waals surface area contributed by atoms with E-state index in [1.807, 2.05) is 31.2 Å². The Hall–Kier alpha value is -1.55. The number of rotatable bonds is 4. The Morgan fingerprint density at radius 2 is 2.33 bits per heavy atom. The van der Waals surface area contributed by atoms with Gasteiger partial charge in [-0.1, -0.05) is 18.2 Å². The van der Waals surface area contributed by atoms with E-state index in [0.29, 0.717) is 13.2 Å². The third-order valence-electron chi connectivity index (χ3n) is 3.24. The van der Waals surface area contributed by atoms with Gasteiger partial charge in [0.05, 0.1) is 5.92 Å². The van der Waals surface area contributed by atoms with Crippen LogP contribution in [0.25, 0.3) is 0 Å². The van der Waals surface area contributed by atoms with Crippen LogP contribution in [0.1, 0.15) is 18.9 Å². The normalized spacial score (nSPS) is 19.6. The van der Waals surface area contributed by atoms with E-state index in [9.17, 15) is 4.79 Å². The molecule has 1 aliphatic rings. The molecule has 0 radical (unpaired) electrons. The lowest BCUT2D eigenvalue weighted by molar-refractivity contribution is -0.126. The maximum Gasteiger partial charge on any atom is 0.227 e. The van der Waals surface area contributed by atoms with Crippen molar-refractivity contribution in [3.05, 3.63) is 29.8 Å². The van der Waals surface area contributed by atoms with Gasteiger partial charge in [0.1, 0.15) is 12.4 Å². The lowest BCUT2D eigenvalue weighted by Gasteiger charge is -2.25. The van der Waals surface area contributed by atoms with E-state index in [2.05, 4.69) is 5.32 Å². The predicted octanol–water partition coefficient (Wildman–Crippen LogP) is 1.09. The van der Waals surface area contributed by atoms with Gasteiger partial charge in [0.15, 0.2) is 0 Å². The number of carbonyl (C=O) groups excluding carboxylic acids is 1. The van der Waals surface area contributed by atoms with Gasteiger partial charge >= 0.3 is 0 Å². The minimum atomic E-state index is -0.0971. The maximum atomic E-state index is 12.1. The van der Waals surface area contributed by atoms with Gasteiger partial charge in [0.25, 0.3) is 0 Å². The molecule has 18 heavy (non-hydrogen) atoms. The fourth-order valence-electron chi connectivity index (χ4n) is 2.18. The molecule has 2 unspecified atom stereocenters. The Morgan fingerprint density at radius 3 is 3.11 bits per heavy atom. The van der Waals surface area contributed by atoms with Crippen LogP contribution < -0.4 is 15.8 Å². The molecule has 0 aliphatic carbocycles. The highest BCUT2D eigenvalue weighted by Gasteiger charge is 2.26. The first kappa shape index (κ1) is 12.9. The van der Waals surface area contributed by atoms with E-state index in [1.165, 1.54) is 0 Å². The van der Waals surface area contributed by atoms with E-state index < -0.39 is 0 Å². The van der Waals surface area contributed by atoms with Crippen LogP contribution in [0.5, 0.6) is 5.75 Å². The van der Waals surface area contributed by atoms with Crippen molar-refractivity contribution in [2.75, 3.05) is 13.2 Å². The molecule has 4 heteroatoms. The van der Waals surface area contributed by atoms with E-state index in [4.69, 9.17) is 10.5 Å². The summed E-state index contributed by atoms with van der Waals surface area (Å²) in [5, 5.41) is 2.98. The quantitative estimate of drug-likeness (QED) is 0.838. The van der Waals surface area contributed by atoms with Crippen LogP contribution in [-0.2, 0) is 11.2 Å². The SMILES string of the molecule is CC(CCN)NC(=O)C1COc2ccccc2C1. The minimum absolute atomic E-state index is 0.0606. The zero-order chi connectivity index (χ0) is 13.0. The average Bonchev–Trinajstić information content (AvgIpc) is 2.38. The van der Waals surface area contributed by atoms with Crippen molar-refractivity contribution in [3.63, 3.8) is 0 Å². The van der Waals surface area contributed by atoms with Crippen molar-refractivity contribution in [2.24, 2.45) is 11.7 Å². The lowest BCUT2D eigenvalue weighted by atomic mass is 9.96. The Balaban J connectivity index is 1.94. The first-order valence-electron chi connectivity index (χ1n) is 6.42. The monoisotopic (exact) mass is 248 g/mol. The van der Waals surface area contributed by atoms with Crippen molar-refractivity contribution in [1.29, 1.82) is 0 Å². The van der Waals surface area contributed by atoms with Crippen LogP contribution in [0.15, 0.2) is 24.3 Å². The number of fused-ring (bicyclic) bond motifs is 1. The summed E-state index contributed by atoms with van der Waals surface area (Å²) in [6.45, 7) is 3.02. The van der Waals surface area contributed by atoms with Gasteiger partial charge in [-0.05, 0) is 37.9 Å². The van der Waals surface area contributed by atoms with Gasteiger partial charge in [0.2, 0.25) is 5.91 Å². The third-order valence-corrected chi connectivity index (χ3v) is 3.24. The number of amides is 1. The van der Waals surface area contributed by atoms with Crippen LogP contribution in [-0.4, -0.2) is 25.1 Å². The summed E-state index contributed by atoms with van der Waals surface area (Å²) < 4.78 is 5.61. The first-order valence-corrected chi connectivity index (χ1v) is 6.42. The topological polar surface area (TPSA) is 64.3 Å². The number of carbonyl (C=O) groups is 1. The number of hydrogen-bond donors (Lipinski definition) is 2. The average molecular weight is 248 g/mol. The van der Waals surface area contributed by atoms with E-state index in [1.54, 1.807) is 0 Å². The number of hydrogen-bond acceptors (Lipinski definition) is 3. The fraction of sp³-hybridized carbons (Fsp3) is 0.500. The number of nitrogens with one attached hydrogen (secondary N) is 1. The number of ether oxygens (including phenoxy) is 1. The smallest absolute Gasteiger partial charge is 0.227 e. The molecule has 1 aromatic carbocycles. The maximum absolute atomic E-state index is 12.1. The summed E-state index contributed by atoms with van der Waals surface area (Å²) in [6, 6.07) is 8.00. The van der Waals surface area contributed by atoms with Gasteiger partial charge in [-0.25, -0.2) is 0 Å². The molecular weight excluding hydrogens is 228 g/mol. The summed E-state index contributed by atoms with van der Waals surface area (Å²) in [5.41, 5.74) is 6.58. The highest BCUT2D eigenvalue weighted by Crippen LogP contribution is 2.26. The highest BCUT2D eigenvalue weighted by atomic mass is 16.5. The predicted molar refractivity (Wildman–Crippen MR) is 70.4 cm³/mol. The van der Waals surface area contributed by atoms with Crippen molar-refractivity contribution in [2.45, 2.75) is 25.8 Å². The Morgan fingerprint density at radius 1 is 1.56 bits per heavy atom. The zero-order valence-corrected chi connectivity index (χ0v) is 10.7. The van der Waals surface area contributed by atoms with Crippen LogP contribution in [0.2, 0.25) is 0 Å². The summed E-state index contributed by atoms with van der Waals surface area (Å²) >= 11 is 0. The summed E-state index contributed by atoms with van der Waals surface area (Å²) in [5.74, 6) is 0.863. The minimum Gasteiger partial charge on any atom is -0.492 e. The second-order valence-electron chi connectivity index (χ2n) is 4.81. The van der Waals surface area contributed by atoms with E-state index in [-0.39, 0.29) is 17.9 Å². The molecule has 2 atom stereocenters. The van der Waals surface area contributed by atoms with E-state index in [0.717, 1.165) is 24.2 Å². The second-order valence-corrected chi connectivity index (χ2v) is 4.81. The van der Waals surface area contributed by atoms with Gasteiger partial charge in [-0.3, -0.25) is 4.79 Å². The van der Waals surface area contributed by atoms with Crippen LogP contribution >= 0.6 is 0 Å². The second kappa shape index (κ2) is 5.87. The van der Waals surface area contributed by atoms with Crippen LogP contribution in [0.4, 0.5) is 0 Å². The Kier molecular flexibility index (Phi) is 4.20. The third kappa shape index (κ3) is 3.01. The molecule has 0 fully saturated rings. The van der Waals surface area contributed by atoms with Gasteiger partial charge in [0, 0.05) is 6.04 Å². The van der Waals surface area contributed by atoms with Gasteiger partial charge in [-0.15, -0.1) is 0 Å². The highest BCUT2D eigenvalue weighted by molar-refractivity contribution is 5.79. The van der Waals surface area contributed by atoms with Crippen molar-refractivity contribution >= 4 is 5.91 Å². The van der Waals surface area contributed by atoms with Gasteiger partial charge < -0.3 is 15.8 Å². The molecule has 1 heterocycles. The molecule has 2 rings (SSSR count). The molecule has 0 spiro atoms. The molecule has 1 aromatic rings. The first-order chi connectivity index (χ1) is 8.70. The molecule has 4 nitrogen and oxygen atoms in total.